The lowest BCUT2D eigenvalue weighted by atomic mass is 9.99. The van der Waals surface area contributed by atoms with Gasteiger partial charge >= 0.3 is 0 Å². The van der Waals surface area contributed by atoms with Crippen LogP contribution >= 0.6 is 11.6 Å². The average molecular weight is 378 g/mol. The summed E-state index contributed by atoms with van der Waals surface area (Å²) in [6.07, 6.45) is 1.13. The number of hydrogen-bond acceptors (Lipinski definition) is 1. The molecule has 1 aliphatic heterocycles. The van der Waals surface area contributed by atoms with E-state index in [-0.39, 0.29) is 5.91 Å². The Morgan fingerprint density at radius 1 is 0.926 bits per heavy atom. The van der Waals surface area contributed by atoms with Crippen molar-refractivity contribution < 1.29 is 9.69 Å². The van der Waals surface area contributed by atoms with E-state index in [9.17, 15) is 4.79 Å². The molecule has 0 fully saturated rings. The first-order chi connectivity index (χ1) is 13.2. The molecule has 3 aromatic rings. The molecule has 1 unspecified atom stereocenters. The van der Waals surface area contributed by atoms with Crippen molar-refractivity contribution in [3.63, 3.8) is 0 Å². The minimum atomic E-state index is -0.145. The van der Waals surface area contributed by atoms with Gasteiger partial charge in [-0.3, -0.25) is 4.79 Å². The van der Waals surface area contributed by atoms with Crippen LogP contribution < -0.4 is 10.2 Å². The number of amides is 1. The fourth-order valence-electron chi connectivity index (χ4n) is 3.61. The van der Waals surface area contributed by atoms with Gasteiger partial charge in [-0.2, -0.15) is 0 Å². The van der Waals surface area contributed by atoms with E-state index in [0.29, 0.717) is 16.3 Å². The van der Waals surface area contributed by atoms with Crippen molar-refractivity contribution in [2.45, 2.75) is 19.5 Å². The van der Waals surface area contributed by atoms with Crippen molar-refractivity contribution >= 4 is 23.2 Å². The van der Waals surface area contributed by atoms with Gasteiger partial charge in [0, 0.05) is 23.1 Å². The molecule has 1 aliphatic rings. The van der Waals surface area contributed by atoms with Gasteiger partial charge in [-0.1, -0.05) is 60.1 Å². The third-order valence-corrected chi connectivity index (χ3v) is 5.43. The second-order valence-corrected chi connectivity index (χ2v) is 7.41. The fourth-order valence-corrected chi connectivity index (χ4v) is 3.80. The summed E-state index contributed by atoms with van der Waals surface area (Å²) in [5.41, 5.74) is 5.45. The van der Waals surface area contributed by atoms with Crippen LogP contribution in [0.2, 0.25) is 5.02 Å². The molecule has 0 bridgehead atoms. The zero-order valence-corrected chi connectivity index (χ0v) is 15.8. The van der Waals surface area contributed by atoms with E-state index in [2.05, 4.69) is 41.7 Å². The predicted octanol–water partition coefficient (Wildman–Crippen LogP) is 3.73. The molecule has 0 saturated heterocycles. The van der Waals surface area contributed by atoms with Gasteiger partial charge in [-0.15, -0.1) is 0 Å². The molecule has 3 nitrogen and oxygen atoms in total. The second kappa shape index (κ2) is 7.95. The predicted molar refractivity (Wildman–Crippen MR) is 109 cm³/mol. The van der Waals surface area contributed by atoms with E-state index in [0.717, 1.165) is 26.1 Å². The molecule has 1 amide bonds. The van der Waals surface area contributed by atoms with Crippen molar-refractivity contribution in [1.29, 1.82) is 0 Å². The van der Waals surface area contributed by atoms with Gasteiger partial charge in [0.15, 0.2) is 0 Å². The molecular weight excluding hydrogens is 356 g/mol. The number of nitrogens with one attached hydrogen (secondary N) is 2. The largest absolute Gasteiger partial charge is 0.327 e. The van der Waals surface area contributed by atoms with Crippen LogP contribution in [0.1, 0.15) is 27.0 Å². The molecule has 27 heavy (non-hydrogen) atoms. The van der Waals surface area contributed by atoms with Crippen LogP contribution in [0, 0.1) is 0 Å². The van der Waals surface area contributed by atoms with Crippen LogP contribution in [-0.4, -0.2) is 12.5 Å². The van der Waals surface area contributed by atoms with E-state index in [1.807, 2.05) is 24.3 Å². The molecule has 0 radical (unpaired) electrons. The maximum absolute atomic E-state index is 12.4. The van der Waals surface area contributed by atoms with E-state index in [1.54, 1.807) is 17.0 Å². The quantitative estimate of drug-likeness (QED) is 0.713. The number of para-hydroxylation sites is 1. The molecule has 3 aromatic carbocycles. The topological polar surface area (TPSA) is 33.5 Å². The Labute approximate surface area is 164 Å². The Bertz CT molecular complexity index is 953. The highest BCUT2D eigenvalue weighted by Crippen LogP contribution is 2.21. The molecule has 4 rings (SSSR count). The molecule has 0 aliphatic carbocycles. The lowest BCUT2D eigenvalue weighted by Gasteiger charge is -2.26. The molecule has 136 valence electrons. The first-order valence-electron chi connectivity index (χ1n) is 9.24. The molecule has 2 N–H and O–H groups in total. The Balaban J connectivity index is 1.39. The Morgan fingerprint density at radius 2 is 1.63 bits per heavy atom. The van der Waals surface area contributed by atoms with Crippen molar-refractivity contribution in [2.75, 3.05) is 11.9 Å². The first kappa shape index (κ1) is 17.8. The lowest BCUT2D eigenvalue weighted by Crippen LogP contribution is -3.10. The van der Waals surface area contributed by atoms with E-state index in [4.69, 9.17) is 11.6 Å². The Morgan fingerprint density at radius 3 is 2.41 bits per heavy atom. The molecule has 1 heterocycles. The molecule has 1 atom stereocenters. The highest BCUT2D eigenvalue weighted by molar-refractivity contribution is 6.33. The van der Waals surface area contributed by atoms with Gasteiger partial charge in [0.2, 0.25) is 0 Å². The van der Waals surface area contributed by atoms with Crippen molar-refractivity contribution in [3.8, 4) is 0 Å². The summed E-state index contributed by atoms with van der Waals surface area (Å²) < 4.78 is 0. The number of quaternary nitrogens is 1. The van der Waals surface area contributed by atoms with Crippen LogP contribution in [0.3, 0.4) is 0 Å². The molecule has 0 spiro atoms. The van der Waals surface area contributed by atoms with Gasteiger partial charge in [-0.25, -0.2) is 0 Å². The van der Waals surface area contributed by atoms with Crippen molar-refractivity contribution in [1.82, 2.24) is 0 Å². The summed E-state index contributed by atoms with van der Waals surface area (Å²) >= 11 is 6.11. The number of benzene rings is 3. The van der Waals surface area contributed by atoms with Crippen LogP contribution in [-0.2, 0) is 19.5 Å². The van der Waals surface area contributed by atoms with Crippen LogP contribution in [0.15, 0.2) is 72.8 Å². The third kappa shape index (κ3) is 4.21. The smallest absolute Gasteiger partial charge is 0.255 e. The molecule has 0 aromatic heterocycles. The highest BCUT2D eigenvalue weighted by atomic mass is 35.5. The monoisotopic (exact) mass is 377 g/mol. The zero-order chi connectivity index (χ0) is 18.6. The van der Waals surface area contributed by atoms with E-state index < -0.39 is 0 Å². The number of fused-ring (bicyclic) bond motifs is 1. The number of anilines is 1. The number of carbonyl (C=O) groups excluding carboxylic acids is 1. The minimum absolute atomic E-state index is 0.145. The summed E-state index contributed by atoms with van der Waals surface area (Å²) in [6.45, 7) is 3.18. The highest BCUT2D eigenvalue weighted by Gasteiger charge is 2.19. The van der Waals surface area contributed by atoms with Gasteiger partial charge in [-0.05, 0) is 29.8 Å². The van der Waals surface area contributed by atoms with Gasteiger partial charge < -0.3 is 10.2 Å². The normalized spacial score (nSPS) is 15.8. The first-order valence-corrected chi connectivity index (χ1v) is 9.62. The molecule has 4 heteroatoms. The second-order valence-electron chi connectivity index (χ2n) is 7.00. The van der Waals surface area contributed by atoms with Gasteiger partial charge in [0.05, 0.1) is 17.3 Å². The maximum atomic E-state index is 12.4. The number of halogens is 1. The maximum Gasteiger partial charge on any atom is 0.255 e. The summed E-state index contributed by atoms with van der Waals surface area (Å²) in [5.74, 6) is -0.145. The minimum Gasteiger partial charge on any atom is -0.327 e. The third-order valence-electron chi connectivity index (χ3n) is 5.10. The summed E-state index contributed by atoms with van der Waals surface area (Å²) in [4.78, 5) is 14.0. The van der Waals surface area contributed by atoms with E-state index >= 15 is 0 Å². The Kier molecular flexibility index (Phi) is 5.23. The fraction of sp³-hybridized carbons (Fsp3) is 0.174. The van der Waals surface area contributed by atoms with Crippen molar-refractivity contribution in [2.24, 2.45) is 0 Å². The number of carbonyl (C=O) groups is 1. The number of hydrogen-bond donors (Lipinski definition) is 2. The lowest BCUT2D eigenvalue weighted by molar-refractivity contribution is -0.929. The van der Waals surface area contributed by atoms with Gasteiger partial charge in [0.25, 0.3) is 5.91 Å². The zero-order valence-electron chi connectivity index (χ0n) is 15.0. The van der Waals surface area contributed by atoms with Gasteiger partial charge in [0.1, 0.15) is 13.1 Å². The number of rotatable bonds is 4. The molecular formula is C23H22ClN2O+. The Hall–Kier alpha value is -2.62. The van der Waals surface area contributed by atoms with E-state index in [1.165, 1.54) is 16.7 Å². The van der Waals surface area contributed by atoms with Crippen LogP contribution in [0.5, 0.6) is 0 Å². The average Bonchev–Trinajstić information content (AvgIpc) is 2.70. The SMILES string of the molecule is O=C(Nc1ccccc1Cl)c1ccc(C[NH+]2CCc3ccccc3C2)cc1. The van der Waals surface area contributed by atoms with Crippen molar-refractivity contribution in [3.05, 3.63) is 100 Å². The van der Waals surface area contributed by atoms with Crippen LogP contribution in [0.4, 0.5) is 5.69 Å². The molecule has 0 saturated carbocycles. The van der Waals surface area contributed by atoms with Crippen LogP contribution in [0.25, 0.3) is 0 Å². The summed E-state index contributed by atoms with van der Waals surface area (Å²) in [7, 11) is 0. The summed E-state index contributed by atoms with van der Waals surface area (Å²) in [6, 6.07) is 23.8. The standard InChI is InChI=1S/C23H21ClN2O/c24-21-7-3-4-8-22(21)25-23(27)19-11-9-17(10-12-19)15-26-14-13-18-5-1-2-6-20(18)16-26/h1-12H,13-16H2,(H,25,27)/p+1. The summed E-state index contributed by atoms with van der Waals surface area (Å²) in [5, 5.41) is 3.40.